The van der Waals surface area contributed by atoms with E-state index in [1.807, 2.05) is 26.0 Å². The molecule has 13 heavy (non-hydrogen) atoms. The monoisotopic (exact) mass is 186 g/mol. The van der Waals surface area contributed by atoms with E-state index in [-0.39, 0.29) is 12.2 Å². The highest BCUT2D eigenvalue weighted by Gasteiger charge is 2.00. The first-order valence-electron chi connectivity index (χ1n) is 5.20. The predicted octanol–water partition coefficient (Wildman–Crippen LogP) is 2.52. The van der Waals surface area contributed by atoms with E-state index in [0.29, 0.717) is 0 Å². The normalized spacial score (nSPS) is 16.3. The van der Waals surface area contributed by atoms with Crippen LogP contribution in [0.3, 0.4) is 0 Å². The van der Waals surface area contributed by atoms with Crippen LogP contribution in [0.15, 0.2) is 12.2 Å². The van der Waals surface area contributed by atoms with Crippen LogP contribution in [0.4, 0.5) is 0 Å². The Kier molecular flexibility index (Phi) is 8.05. The van der Waals surface area contributed by atoms with Gasteiger partial charge in [-0.25, -0.2) is 0 Å². The molecule has 0 aliphatic heterocycles. The molecular formula is C11H22O2. The van der Waals surface area contributed by atoms with Crippen LogP contribution in [0.1, 0.15) is 40.0 Å². The van der Waals surface area contributed by atoms with Crippen LogP contribution in [0.5, 0.6) is 0 Å². The second-order valence-electron chi connectivity index (χ2n) is 3.13. The first-order chi connectivity index (χ1) is 6.24. The Morgan fingerprint density at radius 2 is 1.92 bits per heavy atom. The zero-order chi connectivity index (χ0) is 10.1. The van der Waals surface area contributed by atoms with Crippen molar-refractivity contribution >= 4 is 0 Å². The molecule has 0 aromatic rings. The summed E-state index contributed by atoms with van der Waals surface area (Å²) in [6, 6.07) is 0. The summed E-state index contributed by atoms with van der Waals surface area (Å²) in [6.45, 7) is 6.83. The van der Waals surface area contributed by atoms with Gasteiger partial charge in [0.2, 0.25) is 0 Å². The minimum Gasteiger partial charge on any atom is -0.393 e. The fourth-order valence-electron chi connectivity index (χ4n) is 1.08. The van der Waals surface area contributed by atoms with Crippen LogP contribution in [0, 0.1) is 0 Å². The van der Waals surface area contributed by atoms with Gasteiger partial charge >= 0.3 is 0 Å². The topological polar surface area (TPSA) is 29.5 Å². The maximum atomic E-state index is 9.28. The van der Waals surface area contributed by atoms with E-state index < -0.39 is 0 Å². The molecule has 0 aliphatic carbocycles. The molecule has 2 heteroatoms. The second kappa shape index (κ2) is 8.27. The van der Waals surface area contributed by atoms with Crippen LogP contribution in [0.25, 0.3) is 0 Å². The molecule has 0 spiro atoms. The van der Waals surface area contributed by atoms with Crippen molar-refractivity contribution in [2.75, 3.05) is 6.61 Å². The van der Waals surface area contributed by atoms with Crippen molar-refractivity contribution in [3.05, 3.63) is 12.2 Å². The van der Waals surface area contributed by atoms with E-state index in [1.165, 1.54) is 0 Å². The Morgan fingerprint density at radius 1 is 1.23 bits per heavy atom. The molecule has 0 fully saturated rings. The zero-order valence-corrected chi connectivity index (χ0v) is 8.99. The summed E-state index contributed by atoms with van der Waals surface area (Å²) in [6.07, 6.45) is 6.62. The molecule has 2 unspecified atom stereocenters. The molecule has 0 rings (SSSR count). The zero-order valence-electron chi connectivity index (χ0n) is 8.99. The van der Waals surface area contributed by atoms with E-state index in [9.17, 15) is 5.11 Å². The summed E-state index contributed by atoms with van der Waals surface area (Å²) in [5, 5.41) is 9.28. The van der Waals surface area contributed by atoms with Gasteiger partial charge in [-0.3, -0.25) is 0 Å². The highest BCUT2D eigenvalue weighted by molar-refractivity contribution is 4.90. The molecule has 2 nitrogen and oxygen atoms in total. The fourth-order valence-corrected chi connectivity index (χ4v) is 1.08. The number of aliphatic hydroxyl groups excluding tert-OH is 1. The maximum Gasteiger partial charge on any atom is 0.0753 e. The quantitative estimate of drug-likeness (QED) is 0.619. The van der Waals surface area contributed by atoms with Gasteiger partial charge in [-0.2, -0.15) is 0 Å². The molecule has 0 bridgehead atoms. The molecular weight excluding hydrogens is 164 g/mol. The third-order valence-corrected chi connectivity index (χ3v) is 2.01. The van der Waals surface area contributed by atoms with Gasteiger partial charge in [-0.1, -0.05) is 26.0 Å². The van der Waals surface area contributed by atoms with Crippen molar-refractivity contribution in [3.63, 3.8) is 0 Å². The third-order valence-electron chi connectivity index (χ3n) is 2.01. The lowest BCUT2D eigenvalue weighted by molar-refractivity contribution is 0.0932. The molecule has 0 aromatic heterocycles. The maximum absolute atomic E-state index is 9.28. The SMILES string of the molecule is CCOC(C=CCC(O)CC)CC. The van der Waals surface area contributed by atoms with Gasteiger partial charge < -0.3 is 9.84 Å². The molecule has 0 heterocycles. The first kappa shape index (κ1) is 12.7. The van der Waals surface area contributed by atoms with Crippen LogP contribution in [-0.2, 0) is 4.74 Å². The Hall–Kier alpha value is -0.340. The Balaban J connectivity index is 3.65. The number of hydrogen-bond donors (Lipinski definition) is 1. The van der Waals surface area contributed by atoms with E-state index in [4.69, 9.17) is 4.74 Å². The van der Waals surface area contributed by atoms with Crippen molar-refractivity contribution in [3.8, 4) is 0 Å². The number of hydrogen-bond acceptors (Lipinski definition) is 2. The molecule has 0 saturated heterocycles. The summed E-state index contributed by atoms with van der Waals surface area (Å²) in [5.41, 5.74) is 0. The van der Waals surface area contributed by atoms with Crippen molar-refractivity contribution in [2.24, 2.45) is 0 Å². The molecule has 2 atom stereocenters. The van der Waals surface area contributed by atoms with Crippen LogP contribution >= 0.6 is 0 Å². The lowest BCUT2D eigenvalue weighted by atomic mass is 10.1. The minimum atomic E-state index is -0.199. The number of ether oxygens (including phenoxy) is 1. The van der Waals surface area contributed by atoms with Gasteiger partial charge in [-0.15, -0.1) is 0 Å². The first-order valence-corrected chi connectivity index (χ1v) is 5.20. The van der Waals surface area contributed by atoms with Gasteiger partial charge in [-0.05, 0) is 26.2 Å². The number of rotatable bonds is 7. The number of aliphatic hydroxyl groups is 1. The summed E-state index contributed by atoms with van der Waals surface area (Å²) in [5.74, 6) is 0. The largest absolute Gasteiger partial charge is 0.393 e. The lowest BCUT2D eigenvalue weighted by Gasteiger charge is -2.10. The average Bonchev–Trinajstić information content (AvgIpc) is 2.16. The molecule has 1 N–H and O–H groups in total. The fraction of sp³-hybridized carbons (Fsp3) is 0.818. The van der Waals surface area contributed by atoms with E-state index in [1.54, 1.807) is 0 Å². The summed E-state index contributed by atoms with van der Waals surface area (Å²) >= 11 is 0. The van der Waals surface area contributed by atoms with Gasteiger partial charge in [0, 0.05) is 6.61 Å². The van der Waals surface area contributed by atoms with Gasteiger partial charge in [0.05, 0.1) is 12.2 Å². The predicted molar refractivity (Wildman–Crippen MR) is 55.8 cm³/mol. The Morgan fingerprint density at radius 3 is 2.38 bits per heavy atom. The summed E-state index contributed by atoms with van der Waals surface area (Å²) < 4.78 is 5.44. The highest BCUT2D eigenvalue weighted by Crippen LogP contribution is 2.03. The lowest BCUT2D eigenvalue weighted by Crippen LogP contribution is -2.08. The van der Waals surface area contributed by atoms with Crippen molar-refractivity contribution in [2.45, 2.75) is 52.2 Å². The van der Waals surface area contributed by atoms with E-state index in [2.05, 4.69) is 6.92 Å². The van der Waals surface area contributed by atoms with E-state index in [0.717, 1.165) is 25.9 Å². The van der Waals surface area contributed by atoms with Crippen molar-refractivity contribution in [1.82, 2.24) is 0 Å². The Bertz CT molecular complexity index is 132. The van der Waals surface area contributed by atoms with Crippen LogP contribution < -0.4 is 0 Å². The highest BCUT2D eigenvalue weighted by atomic mass is 16.5. The molecule has 0 saturated carbocycles. The van der Waals surface area contributed by atoms with Gasteiger partial charge in [0.15, 0.2) is 0 Å². The van der Waals surface area contributed by atoms with Gasteiger partial charge in [0.1, 0.15) is 0 Å². The molecule has 0 amide bonds. The third kappa shape index (κ3) is 6.79. The standard InChI is InChI=1S/C11H22O2/c1-4-10(12)8-7-9-11(5-2)13-6-3/h7,9-12H,4-6,8H2,1-3H3. The minimum absolute atomic E-state index is 0.199. The van der Waals surface area contributed by atoms with Crippen molar-refractivity contribution in [1.29, 1.82) is 0 Å². The average molecular weight is 186 g/mol. The van der Waals surface area contributed by atoms with E-state index >= 15 is 0 Å². The van der Waals surface area contributed by atoms with Crippen LogP contribution in [-0.4, -0.2) is 23.9 Å². The Labute approximate surface area is 81.6 Å². The summed E-state index contributed by atoms with van der Waals surface area (Å²) in [4.78, 5) is 0. The second-order valence-corrected chi connectivity index (χ2v) is 3.13. The summed E-state index contributed by atoms with van der Waals surface area (Å²) in [7, 11) is 0. The molecule has 0 aliphatic rings. The van der Waals surface area contributed by atoms with Crippen molar-refractivity contribution < 1.29 is 9.84 Å². The van der Waals surface area contributed by atoms with Gasteiger partial charge in [0.25, 0.3) is 0 Å². The molecule has 0 aromatic carbocycles. The smallest absolute Gasteiger partial charge is 0.0753 e. The molecule has 78 valence electrons. The van der Waals surface area contributed by atoms with Crippen LogP contribution in [0.2, 0.25) is 0 Å². The molecule has 0 radical (unpaired) electrons.